The molecule has 2 rings (SSSR count). The first kappa shape index (κ1) is 10.5. The number of hydrogen-bond donors (Lipinski definition) is 1. The average Bonchev–Trinajstić information content (AvgIpc) is 2.70. The second-order valence-corrected chi connectivity index (χ2v) is 5.26. The number of fused-ring (bicyclic) bond motifs is 1. The summed E-state index contributed by atoms with van der Waals surface area (Å²) < 4.78 is 6.03. The van der Waals surface area contributed by atoms with Crippen molar-refractivity contribution in [2.24, 2.45) is 0 Å². The summed E-state index contributed by atoms with van der Waals surface area (Å²) >= 11 is 1.82. The Bertz CT molecular complexity index is 217. The van der Waals surface area contributed by atoms with E-state index in [4.69, 9.17) is 0 Å². The molecule has 80 valence electrons. The fourth-order valence-electron chi connectivity index (χ4n) is 2.44. The Balaban J connectivity index is 1.83. The van der Waals surface area contributed by atoms with Gasteiger partial charge in [-0.15, -0.1) is 0 Å². The summed E-state index contributed by atoms with van der Waals surface area (Å²) in [6, 6.07) is 1.43. The predicted octanol–water partition coefficient (Wildman–Crippen LogP) is 2.73. The molecule has 0 radical (unpaired) electrons. The molecule has 2 heterocycles. The van der Waals surface area contributed by atoms with Crippen LogP contribution in [0.5, 0.6) is 0 Å². The van der Waals surface area contributed by atoms with Gasteiger partial charge in [-0.05, 0) is 25.7 Å². The highest BCUT2D eigenvalue weighted by Crippen LogP contribution is 2.34. The number of hydrogen-bond acceptors (Lipinski definition) is 3. The van der Waals surface area contributed by atoms with E-state index in [1.807, 2.05) is 12.1 Å². The van der Waals surface area contributed by atoms with Crippen LogP contribution in [0, 0.1) is 0 Å². The lowest BCUT2D eigenvalue weighted by atomic mass is 9.98. The summed E-state index contributed by atoms with van der Waals surface area (Å²) in [5, 5.41) is 0. The average molecular weight is 212 g/mol. The zero-order valence-corrected chi connectivity index (χ0v) is 9.78. The molecule has 2 fully saturated rings. The summed E-state index contributed by atoms with van der Waals surface area (Å²) in [5.74, 6) is 0. The molecule has 0 aromatic heterocycles. The maximum Gasteiger partial charge on any atom is 0.0386 e. The Labute approximate surface area is 91.4 Å². The Kier molecular flexibility index (Phi) is 3.52. The highest BCUT2D eigenvalue weighted by molar-refractivity contribution is 7.95. The van der Waals surface area contributed by atoms with Gasteiger partial charge in [0.05, 0.1) is 0 Å². The molecule has 2 nitrogen and oxygen atoms in total. The van der Waals surface area contributed by atoms with Crippen LogP contribution in [0.15, 0.2) is 12.2 Å². The Hall–Kier alpha value is 0.01000. The maximum atomic E-state index is 4.15. The lowest BCUT2D eigenvalue weighted by molar-refractivity contribution is 0.391. The summed E-state index contributed by atoms with van der Waals surface area (Å²) in [4.78, 5) is 0. The minimum Gasteiger partial charge on any atom is -0.246 e. The molecule has 0 aliphatic carbocycles. The van der Waals surface area contributed by atoms with Gasteiger partial charge in [-0.3, -0.25) is 0 Å². The standard InChI is InChI=1S/C11H20N2S/c1-3-5-9(2)8-10-11-6-4-7-13(11)14-12-10/h10-12H,2-8H2,1H3. The fourth-order valence-corrected chi connectivity index (χ4v) is 3.56. The lowest BCUT2D eigenvalue weighted by Gasteiger charge is -2.18. The first-order chi connectivity index (χ1) is 6.81. The zero-order chi connectivity index (χ0) is 9.97. The van der Waals surface area contributed by atoms with Crippen molar-refractivity contribution in [2.75, 3.05) is 6.54 Å². The second kappa shape index (κ2) is 4.69. The molecule has 0 spiro atoms. The molecule has 0 saturated carbocycles. The molecule has 1 N–H and O–H groups in total. The molecule has 2 unspecified atom stereocenters. The second-order valence-electron chi connectivity index (χ2n) is 4.37. The van der Waals surface area contributed by atoms with Crippen LogP contribution in [-0.2, 0) is 0 Å². The van der Waals surface area contributed by atoms with Crippen LogP contribution < -0.4 is 4.72 Å². The smallest absolute Gasteiger partial charge is 0.0386 e. The van der Waals surface area contributed by atoms with E-state index in [2.05, 4.69) is 22.5 Å². The topological polar surface area (TPSA) is 15.3 Å². The van der Waals surface area contributed by atoms with Crippen molar-refractivity contribution in [1.82, 2.24) is 9.03 Å². The van der Waals surface area contributed by atoms with Crippen LogP contribution in [0.3, 0.4) is 0 Å². The molecule has 14 heavy (non-hydrogen) atoms. The number of rotatable bonds is 4. The van der Waals surface area contributed by atoms with Gasteiger partial charge in [0.1, 0.15) is 0 Å². The van der Waals surface area contributed by atoms with Crippen LogP contribution in [0.2, 0.25) is 0 Å². The van der Waals surface area contributed by atoms with Crippen molar-refractivity contribution >= 4 is 12.1 Å². The van der Waals surface area contributed by atoms with Crippen molar-refractivity contribution in [3.8, 4) is 0 Å². The van der Waals surface area contributed by atoms with E-state index in [-0.39, 0.29) is 0 Å². The minimum atomic E-state index is 0.654. The van der Waals surface area contributed by atoms with E-state index in [1.54, 1.807) is 0 Å². The van der Waals surface area contributed by atoms with Gasteiger partial charge in [0, 0.05) is 30.8 Å². The van der Waals surface area contributed by atoms with Crippen molar-refractivity contribution in [2.45, 2.75) is 51.1 Å². The maximum absolute atomic E-state index is 4.15. The monoisotopic (exact) mass is 212 g/mol. The number of nitrogens with zero attached hydrogens (tertiary/aromatic N) is 1. The van der Waals surface area contributed by atoms with E-state index >= 15 is 0 Å². The first-order valence-electron chi connectivity index (χ1n) is 5.67. The van der Waals surface area contributed by atoms with Gasteiger partial charge in [-0.1, -0.05) is 25.5 Å². The third-order valence-electron chi connectivity index (χ3n) is 3.15. The molecular formula is C11H20N2S. The van der Waals surface area contributed by atoms with Gasteiger partial charge in [0.2, 0.25) is 0 Å². The molecule has 0 bridgehead atoms. The summed E-state index contributed by atoms with van der Waals surface area (Å²) in [6.45, 7) is 7.64. The Morgan fingerprint density at radius 1 is 1.64 bits per heavy atom. The summed E-state index contributed by atoms with van der Waals surface area (Å²) in [6.07, 6.45) is 6.32. The zero-order valence-electron chi connectivity index (χ0n) is 8.96. The highest BCUT2D eigenvalue weighted by atomic mass is 32.2. The van der Waals surface area contributed by atoms with Gasteiger partial charge >= 0.3 is 0 Å². The van der Waals surface area contributed by atoms with E-state index < -0.39 is 0 Å². The van der Waals surface area contributed by atoms with Crippen LogP contribution in [0.25, 0.3) is 0 Å². The molecular weight excluding hydrogens is 192 g/mol. The van der Waals surface area contributed by atoms with Gasteiger partial charge in [-0.2, -0.15) is 0 Å². The fraction of sp³-hybridized carbons (Fsp3) is 0.818. The summed E-state index contributed by atoms with van der Waals surface area (Å²) in [5.41, 5.74) is 1.42. The predicted molar refractivity (Wildman–Crippen MR) is 62.9 cm³/mol. The van der Waals surface area contributed by atoms with E-state index in [9.17, 15) is 0 Å². The van der Waals surface area contributed by atoms with E-state index in [1.165, 1.54) is 44.2 Å². The van der Waals surface area contributed by atoms with Gasteiger partial charge in [0.25, 0.3) is 0 Å². The van der Waals surface area contributed by atoms with Crippen molar-refractivity contribution in [3.05, 3.63) is 12.2 Å². The van der Waals surface area contributed by atoms with Crippen LogP contribution in [-0.4, -0.2) is 22.9 Å². The molecule has 0 amide bonds. The molecule has 2 saturated heterocycles. The van der Waals surface area contributed by atoms with Crippen LogP contribution >= 0.6 is 12.1 Å². The largest absolute Gasteiger partial charge is 0.246 e. The molecule has 2 aliphatic rings. The van der Waals surface area contributed by atoms with E-state index in [0.717, 1.165) is 6.04 Å². The van der Waals surface area contributed by atoms with E-state index in [0.29, 0.717) is 6.04 Å². The molecule has 0 aromatic carbocycles. The van der Waals surface area contributed by atoms with Gasteiger partial charge < -0.3 is 0 Å². The van der Waals surface area contributed by atoms with Crippen molar-refractivity contribution in [1.29, 1.82) is 0 Å². The Morgan fingerprint density at radius 3 is 3.29 bits per heavy atom. The Morgan fingerprint density at radius 2 is 2.50 bits per heavy atom. The SMILES string of the molecule is C=C(CCC)CC1NSN2CCCC12. The first-order valence-corrected chi connectivity index (χ1v) is 6.44. The molecule has 2 atom stereocenters. The van der Waals surface area contributed by atoms with Gasteiger partial charge in [-0.25, -0.2) is 9.03 Å². The third kappa shape index (κ3) is 2.15. The van der Waals surface area contributed by atoms with Crippen molar-refractivity contribution in [3.63, 3.8) is 0 Å². The van der Waals surface area contributed by atoms with Crippen LogP contribution in [0.1, 0.15) is 39.0 Å². The van der Waals surface area contributed by atoms with Crippen molar-refractivity contribution < 1.29 is 0 Å². The molecule has 0 aromatic rings. The van der Waals surface area contributed by atoms with Gasteiger partial charge in [0.15, 0.2) is 0 Å². The third-order valence-corrected chi connectivity index (χ3v) is 4.24. The summed E-state index contributed by atoms with van der Waals surface area (Å²) in [7, 11) is 0. The quantitative estimate of drug-likeness (QED) is 0.570. The number of nitrogens with one attached hydrogen (secondary N) is 1. The molecule has 3 heteroatoms. The minimum absolute atomic E-state index is 0.654. The normalized spacial score (nSPS) is 32.1. The highest BCUT2D eigenvalue weighted by Gasteiger charge is 2.37. The lowest BCUT2D eigenvalue weighted by Crippen LogP contribution is -2.31. The molecule has 2 aliphatic heterocycles. The van der Waals surface area contributed by atoms with Crippen LogP contribution in [0.4, 0.5) is 0 Å².